The van der Waals surface area contributed by atoms with Crippen molar-refractivity contribution in [2.24, 2.45) is 11.3 Å². The molecule has 3 unspecified atom stereocenters. The summed E-state index contributed by atoms with van der Waals surface area (Å²) in [5.74, 6) is -1.73. The number of imidazole rings is 1. The fourth-order valence-corrected chi connectivity index (χ4v) is 8.48. The summed E-state index contributed by atoms with van der Waals surface area (Å²) >= 11 is 0.967. The number of amides is 2. The first-order chi connectivity index (χ1) is 25.5. The maximum atomic E-state index is 12.7. The van der Waals surface area contributed by atoms with Crippen LogP contribution in [0.1, 0.15) is 39.8 Å². The van der Waals surface area contributed by atoms with E-state index in [0.29, 0.717) is 6.42 Å². The van der Waals surface area contributed by atoms with Crippen LogP contribution < -0.4 is 16.4 Å². The molecule has 0 aliphatic carbocycles. The predicted molar refractivity (Wildman–Crippen MR) is 188 cm³/mol. The van der Waals surface area contributed by atoms with Crippen molar-refractivity contribution in [1.29, 1.82) is 0 Å². The van der Waals surface area contributed by atoms with Crippen LogP contribution in [0.3, 0.4) is 0 Å². The van der Waals surface area contributed by atoms with Gasteiger partial charge < -0.3 is 56.0 Å². The van der Waals surface area contributed by atoms with Gasteiger partial charge in [0, 0.05) is 30.7 Å². The zero-order chi connectivity index (χ0) is 41.4. The lowest BCUT2D eigenvalue weighted by molar-refractivity contribution is -0.137. The number of aliphatic hydroxyl groups excluding tert-OH is 3. The fourth-order valence-electron chi connectivity index (χ4n) is 4.77. The average molecular weight is 868 g/mol. The van der Waals surface area contributed by atoms with E-state index in [1.807, 2.05) is 0 Å². The number of rotatable bonds is 22. The van der Waals surface area contributed by atoms with Gasteiger partial charge in [-0.25, -0.2) is 28.6 Å². The van der Waals surface area contributed by atoms with Crippen LogP contribution in [0.4, 0.5) is 5.82 Å². The number of aromatic nitrogens is 4. The third-order valence-electron chi connectivity index (χ3n) is 7.79. The highest BCUT2D eigenvalue weighted by molar-refractivity contribution is 8.13. The Balaban J connectivity index is 1.50. The molecule has 2 amide bonds. The van der Waals surface area contributed by atoms with Crippen LogP contribution in [-0.4, -0.2) is 134 Å². The van der Waals surface area contributed by atoms with Crippen LogP contribution in [-0.2, 0) is 50.7 Å². The minimum Gasteiger partial charge on any atom is -0.396 e. The van der Waals surface area contributed by atoms with Crippen LogP contribution in [0.15, 0.2) is 12.7 Å². The van der Waals surface area contributed by atoms with Gasteiger partial charge in [-0.1, -0.05) is 32.5 Å². The van der Waals surface area contributed by atoms with Gasteiger partial charge in [0.25, 0.3) is 0 Å². The molecule has 25 nitrogen and oxygen atoms in total. The number of carbonyl (C=O) groups excluding carboxylic acids is 3. The molecule has 11 N–H and O–H groups in total. The van der Waals surface area contributed by atoms with Gasteiger partial charge in [0.2, 0.25) is 11.8 Å². The van der Waals surface area contributed by atoms with E-state index in [1.54, 1.807) is 6.92 Å². The molecule has 0 spiro atoms. The molecule has 3 heterocycles. The molecule has 2 aromatic heterocycles. The van der Waals surface area contributed by atoms with Crippen molar-refractivity contribution in [1.82, 2.24) is 30.2 Å². The van der Waals surface area contributed by atoms with Gasteiger partial charge in [0.1, 0.15) is 36.3 Å². The summed E-state index contributed by atoms with van der Waals surface area (Å²) in [6.07, 6.45) is -6.51. The number of anilines is 1. The van der Waals surface area contributed by atoms with E-state index < -0.39 is 90.5 Å². The van der Waals surface area contributed by atoms with Crippen molar-refractivity contribution in [3.05, 3.63) is 12.7 Å². The summed E-state index contributed by atoms with van der Waals surface area (Å²) in [5.41, 5.74) is 4.23. The van der Waals surface area contributed by atoms with E-state index in [4.69, 9.17) is 24.6 Å². The van der Waals surface area contributed by atoms with Crippen molar-refractivity contribution in [2.75, 3.05) is 44.4 Å². The molecule has 0 radical (unpaired) electrons. The summed E-state index contributed by atoms with van der Waals surface area (Å²) in [5, 5.41) is 35.2. The molecule has 1 aliphatic rings. The van der Waals surface area contributed by atoms with E-state index in [2.05, 4.69) is 34.4 Å². The van der Waals surface area contributed by atoms with E-state index in [1.165, 1.54) is 13.8 Å². The fraction of sp³-hybridized carbons (Fsp3) is 0.692. The quantitative estimate of drug-likeness (QED) is 0.0485. The van der Waals surface area contributed by atoms with Crippen molar-refractivity contribution in [2.45, 2.75) is 64.3 Å². The van der Waals surface area contributed by atoms with Crippen molar-refractivity contribution < 1.29 is 85.6 Å². The number of nitrogens with two attached hydrogens (primary N) is 1. The van der Waals surface area contributed by atoms with Crippen molar-refractivity contribution in [3.8, 4) is 0 Å². The molecule has 1 fully saturated rings. The second kappa shape index (κ2) is 19.8. The van der Waals surface area contributed by atoms with Gasteiger partial charge >= 0.3 is 23.5 Å². The van der Waals surface area contributed by atoms with E-state index in [9.17, 15) is 57.9 Å². The molecule has 29 heteroatoms. The molecule has 1 aliphatic heterocycles. The molecular formula is C26H44N7O18P3S. The second-order valence-corrected chi connectivity index (χ2v) is 17.9. The van der Waals surface area contributed by atoms with Crippen molar-refractivity contribution >= 4 is 69.1 Å². The number of hydrogen-bond donors (Lipinski definition) is 10. The minimum atomic E-state index is -5.58. The van der Waals surface area contributed by atoms with E-state index in [-0.39, 0.29) is 54.0 Å². The Morgan fingerprint density at radius 1 is 1.07 bits per heavy atom. The number of nitrogens with zero attached hydrogens (tertiary/aromatic N) is 4. The normalized spacial score (nSPS) is 22.4. The van der Waals surface area contributed by atoms with E-state index >= 15 is 0 Å². The molecule has 55 heavy (non-hydrogen) atoms. The Bertz CT molecular complexity index is 1800. The number of carbonyl (C=O) groups is 3. The second-order valence-electron chi connectivity index (χ2n) is 12.5. The first-order valence-electron chi connectivity index (χ1n) is 16.2. The minimum absolute atomic E-state index is 0.0261. The lowest BCUT2D eigenvalue weighted by Gasteiger charge is -2.30. The first-order valence-corrected chi connectivity index (χ1v) is 21.7. The van der Waals surface area contributed by atoms with Gasteiger partial charge in [-0.15, -0.1) is 0 Å². The topological polar surface area (TPSA) is 384 Å². The summed E-state index contributed by atoms with van der Waals surface area (Å²) in [6, 6.07) is 0. The Labute approximate surface area is 317 Å². The van der Waals surface area contributed by atoms with Crippen LogP contribution >= 0.6 is 35.2 Å². The number of thioether (sulfide) groups is 1. The highest BCUT2D eigenvalue weighted by Crippen LogP contribution is 2.61. The molecule has 1 saturated heterocycles. The summed E-state index contributed by atoms with van der Waals surface area (Å²) < 4.78 is 62.0. The number of hydrogen-bond acceptors (Lipinski definition) is 19. The zero-order valence-corrected chi connectivity index (χ0v) is 33.0. The van der Waals surface area contributed by atoms with Gasteiger partial charge in [0.15, 0.2) is 22.8 Å². The molecule has 0 saturated carbocycles. The van der Waals surface area contributed by atoms with E-state index in [0.717, 1.165) is 29.0 Å². The van der Waals surface area contributed by atoms with Gasteiger partial charge in [-0.05, 0) is 6.42 Å². The van der Waals surface area contributed by atoms with Crippen LogP contribution in [0.5, 0.6) is 0 Å². The largest absolute Gasteiger partial charge is 0.481 e. The zero-order valence-electron chi connectivity index (χ0n) is 29.5. The predicted octanol–water partition coefficient (Wildman–Crippen LogP) is -1.32. The maximum absolute atomic E-state index is 12.7. The number of aliphatic hydroxyl groups is 3. The Morgan fingerprint density at radius 3 is 2.38 bits per heavy atom. The molecule has 2 aromatic rings. The summed E-state index contributed by atoms with van der Waals surface area (Å²) in [6.45, 7) is 1.86. The average Bonchev–Trinajstić information content (AvgIpc) is 3.65. The highest BCUT2D eigenvalue weighted by Gasteiger charge is 2.50. The van der Waals surface area contributed by atoms with Gasteiger partial charge in [0.05, 0.1) is 32.1 Å². The van der Waals surface area contributed by atoms with Gasteiger partial charge in [-0.2, -0.15) is 4.31 Å². The summed E-state index contributed by atoms with van der Waals surface area (Å²) in [4.78, 5) is 87.4. The van der Waals surface area contributed by atoms with Crippen molar-refractivity contribution in [3.63, 3.8) is 0 Å². The monoisotopic (exact) mass is 867 g/mol. The smallest absolute Gasteiger partial charge is 0.396 e. The standard InChI is InChI=1S/C26H44N7O18P3S/c1-4-14(9-34)25(39)55-8-7-28-16(35)5-6-29-23(38)20(37)26(2,3)11-48-54(45,46)51-53(43,44)47-10-15-19(50-52(40,41)42)18(36)24(49-15)33-13-32-17-21(27)30-12-31-22(17)33/h12-15,18-20,24,34,36-37H,4-11H2,1-3H3,(H,28,35)(H,29,38)(H,43,44)(H,45,46)(H2,27,30,31)(H2,40,41,42)/t14?,15-,18-,19-,20+,24-/m1/s1. The molecule has 8 atom stereocenters. The van der Waals surface area contributed by atoms with Crippen LogP contribution in [0.25, 0.3) is 11.2 Å². The third-order valence-corrected chi connectivity index (χ3v) is 11.9. The highest BCUT2D eigenvalue weighted by atomic mass is 32.2. The Morgan fingerprint density at radius 2 is 1.75 bits per heavy atom. The third kappa shape index (κ3) is 13.8. The number of nitrogens with one attached hydrogen (secondary N) is 2. The molecule has 3 rings (SSSR count). The Kier molecular flexibility index (Phi) is 16.9. The number of nitrogen functional groups attached to an aromatic ring is 1. The number of fused-ring (bicyclic) bond motifs is 1. The molecule has 312 valence electrons. The number of phosphoric ester groups is 3. The van der Waals surface area contributed by atoms with Gasteiger partial charge in [-0.3, -0.25) is 32.5 Å². The summed E-state index contributed by atoms with van der Waals surface area (Å²) in [7, 11) is -16.4. The SMILES string of the molecule is CCC(CO)C(=O)SCCNC(=O)CCNC(=O)[C@H](O)C(C)(C)COP(=O)(O)OP(=O)(O)OC[C@H]1O[C@@H](n2cnc3c(N)ncnc32)[C@H](O)[C@@H]1OP(=O)(O)O. The maximum Gasteiger partial charge on any atom is 0.481 e. The molecular weight excluding hydrogens is 823 g/mol. The first kappa shape index (κ1) is 46.9. The number of phosphoric acid groups is 3. The molecule has 0 aromatic carbocycles. The lowest BCUT2D eigenvalue weighted by atomic mass is 9.87. The lowest BCUT2D eigenvalue weighted by Crippen LogP contribution is -2.46. The van der Waals surface area contributed by atoms with Crippen LogP contribution in [0.2, 0.25) is 0 Å². The Hall–Kier alpha value is -2.48. The molecule has 0 bridgehead atoms. The van der Waals surface area contributed by atoms with Crippen LogP contribution in [0, 0.1) is 11.3 Å². The number of ether oxygens (including phenoxy) is 1.